The summed E-state index contributed by atoms with van der Waals surface area (Å²) >= 11 is 0. The summed E-state index contributed by atoms with van der Waals surface area (Å²) in [7, 11) is 0. The summed E-state index contributed by atoms with van der Waals surface area (Å²) in [5.74, 6) is -0.229. The normalized spacial score (nSPS) is 29.6. The Hall–Kier alpha value is -1.35. The minimum Gasteiger partial charge on any atom is -0.481 e. The summed E-state index contributed by atoms with van der Waals surface area (Å²) < 4.78 is 5.83. The van der Waals surface area contributed by atoms with E-state index in [4.69, 9.17) is 4.74 Å². The van der Waals surface area contributed by atoms with Crippen LogP contribution >= 0.6 is 0 Å². The molecule has 108 valence electrons. The molecular weight excluding hydrogens is 252 g/mol. The van der Waals surface area contributed by atoms with Crippen molar-refractivity contribution in [3.8, 4) is 0 Å². The first-order valence-electron chi connectivity index (χ1n) is 7.45. The van der Waals surface area contributed by atoms with E-state index in [1.165, 1.54) is 16.7 Å². The molecule has 0 bridgehead atoms. The molecule has 2 fully saturated rings. The highest BCUT2D eigenvalue weighted by Gasteiger charge is 2.55. The first kappa shape index (κ1) is 13.6. The van der Waals surface area contributed by atoms with Crippen LogP contribution in [0.5, 0.6) is 0 Å². The number of carboxylic acids is 1. The quantitative estimate of drug-likeness (QED) is 0.917. The van der Waals surface area contributed by atoms with Crippen molar-refractivity contribution in [1.82, 2.24) is 0 Å². The van der Waals surface area contributed by atoms with Gasteiger partial charge in [0.2, 0.25) is 0 Å². The zero-order chi connectivity index (χ0) is 14.3. The van der Waals surface area contributed by atoms with Crippen LogP contribution < -0.4 is 0 Å². The Bertz CT molecular complexity index is 513. The van der Waals surface area contributed by atoms with Crippen LogP contribution in [0.15, 0.2) is 18.2 Å². The maximum atomic E-state index is 12.0. The Labute approximate surface area is 120 Å². The van der Waals surface area contributed by atoms with Crippen molar-refractivity contribution in [2.75, 3.05) is 6.61 Å². The van der Waals surface area contributed by atoms with Crippen molar-refractivity contribution in [3.05, 3.63) is 34.9 Å². The molecule has 1 aromatic carbocycles. The third kappa shape index (κ3) is 2.14. The fourth-order valence-electron chi connectivity index (χ4n) is 3.59. The molecule has 1 saturated carbocycles. The Morgan fingerprint density at radius 3 is 2.55 bits per heavy atom. The number of hydrogen-bond donors (Lipinski definition) is 1. The number of ether oxygens (including phenoxy) is 1. The first-order valence-corrected chi connectivity index (χ1v) is 7.45. The fraction of sp³-hybridized carbons (Fsp3) is 0.588. The SMILES string of the molecule is Cc1cccc(C)c1CC1(C(=O)O)CCOC1C1CC1. The largest absolute Gasteiger partial charge is 0.481 e. The molecule has 0 aromatic heterocycles. The predicted molar refractivity (Wildman–Crippen MR) is 76.8 cm³/mol. The van der Waals surface area contributed by atoms with E-state index in [1.54, 1.807) is 0 Å². The Kier molecular flexibility index (Phi) is 3.33. The minimum absolute atomic E-state index is 0.0981. The molecule has 1 heterocycles. The van der Waals surface area contributed by atoms with Crippen molar-refractivity contribution in [2.24, 2.45) is 11.3 Å². The highest BCUT2D eigenvalue weighted by atomic mass is 16.5. The van der Waals surface area contributed by atoms with Crippen LogP contribution in [-0.4, -0.2) is 23.8 Å². The van der Waals surface area contributed by atoms with Gasteiger partial charge in [-0.3, -0.25) is 4.79 Å². The van der Waals surface area contributed by atoms with Gasteiger partial charge in [0.1, 0.15) is 5.41 Å². The second-order valence-electron chi connectivity index (χ2n) is 6.39. The van der Waals surface area contributed by atoms with E-state index >= 15 is 0 Å². The van der Waals surface area contributed by atoms with E-state index in [1.807, 2.05) is 6.07 Å². The summed E-state index contributed by atoms with van der Waals surface area (Å²) in [4.78, 5) is 12.0. The minimum atomic E-state index is -0.724. The van der Waals surface area contributed by atoms with Crippen LogP contribution in [-0.2, 0) is 16.0 Å². The van der Waals surface area contributed by atoms with Gasteiger partial charge < -0.3 is 9.84 Å². The standard InChI is InChI=1S/C17H22O3/c1-11-4-3-5-12(2)14(11)10-17(16(18)19)8-9-20-15(17)13-6-7-13/h3-5,13,15H,6-10H2,1-2H3,(H,18,19). The number of rotatable bonds is 4. The van der Waals surface area contributed by atoms with Gasteiger partial charge in [0, 0.05) is 6.61 Å². The average molecular weight is 274 g/mol. The molecule has 0 radical (unpaired) electrons. The number of aliphatic carboxylic acids is 1. The number of benzene rings is 1. The average Bonchev–Trinajstić information content (AvgIpc) is 3.15. The lowest BCUT2D eigenvalue weighted by Gasteiger charge is -2.31. The van der Waals surface area contributed by atoms with Crippen LogP contribution in [0.3, 0.4) is 0 Å². The number of aryl methyl sites for hydroxylation is 2. The monoisotopic (exact) mass is 274 g/mol. The molecule has 2 atom stereocenters. The molecule has 0 amide bonds. The van der Waals surface area contributed by atoms with Gasteiger partial charge in [-0.1, -0.05) is 18.2 Å². The number of carboxylic acid groups (broad SMARTS) is 1. The highest BCUT2D eigenvalue weighted by Crippen LogP contribution is 2.50. The molecular formula is C17H22O3. The van der Waals surface area contributed by atoms with E-state index in [0.29, 0.717) is 25.4 Å². The molecule has 1 aliphatic heterocycles. The van der Waals surface area contributed by atoms with Gasteiger partial charge in [0.25, 0.3) is 0 Å². The van der Waals surface area contributed by atoms with E-state index in [-0.39, 0.29) is 6.10 Å². The summed E-state index contributed by atoms with van der Waals surface area (Å²) in [6, 6.07) is 6.17. The molecule has 1 saturated heterocycles. The molecule has 3 rings (SSSR count). The molecule has 3 heteroatoms. The van der Waals surface area contributed by atoms with Crippen molar-refractivity contribution in [1.29, 1.82) is 0 Å². The maximum absolute atomic E-state index is 12.0. The van der Waals surface area contributed by atoms with Gasteiger partial charge in [-0.25, -0.2) is 0 Å². The number of hydrogen-bond acceptors (Lipinski definition) is 2. The number of carbonyl (C=O) groups is 1. The van der Waals surface area contributed by atoms with Crippen LogP contribution in [0.2, 0.25) is 0 Å². The second-order valence-corrected chi connectivity index (χ2v) is 6.39. The molecule has 2 aliphatic rings. The van der Waals surface area contributed by atoms with Crippen molar-refractivity contribution in [3.63, 3.8) is 0 Å². The Morgan fingerprint density at radius 1 is 1.35 bits per heavy atom. The lowest BCUT2D eigenvalue weighted by Crippen LogP contribution is -2.42. The van der Waals surface area contributed by atoms with Crippen LogP contribution in [0.4, 0.5) is 0 Å². The topological polar surface area (TPSA) is 46.5 Å². The molecule has 2 unspecified atom stereocenters. The molecule has 1 N–H and O–H groups in total. The van der Waals surface area contributed by atoms with Crippen LogP contribution in [0, 0.1) is 25.2 Å². The summed E-state index contributed by atoms with van der Waals surface area (Å²) in [5, 5.41) is 9.87. The molecule has 0 spiro atoms. The summed E-state index contributed by atoms with van der Waals surface area (Å²) in [6.07, 6.45) is 3.37. The third-order valence-corrected chi connectivity index (χ3v) is 5.00. The molecule has 3 nitrogen and oxygen atoms in total. The van der Waals surface area contributed by atoms with E-state index < -0.39 is 11.4 Å². The molecule has 1 aliphatic carbocycles. The van der Waals surface area contributed by atoms with Gasteiger partial charge in [-0.05, 0) is 62.1 Å². The van der Waals surface area contributed by atoms with Crippen molar-refractivity contribution >= 4 is 5.97 Å². The van der Waals surface area contributed by atoms with Crippen LogP contribution in [0.25, 0.3) is 0 Å². The van der Waals surface area contributed by atoms with Crippen molar-refractivity contribution < 1.29 is 14.6 Å². The van der Waals surface area contributed by atoms with E-state index in [9.17, 15) is 9.90 Å². The lowest BCUT2D eigenvalue weighted by molar-refractivity contribution is -0.153. The first-order chi connectivity index (χ1) is 9.54. The zero-order valence-corrected chi connectivity index (χ0v) is 12.2. The van der Waals surface area contributed by atoms with Crippen molar-refractivity contribution in [2.45, 2.75) is 45.6 Å². The zero-order valence-electron chi connectivity index (χ0n) is 12.2. The molecule has 1 aromatic rings. The highest BCUT2D eigenvalue weighted by molar-refractivity contribution is 5.76. The van der Waals surface area contributed by atoms with Gasteiger partial charge in [-0.15, -0.1) is 0 Å². The Balaban J connectivity index is 1.97. The predicted octanol–water partition coefficient (Wildman–Crippen LogP) is 3.12. The van der Waals surface area contributed by atoms with Gasteiger partial charge in [0.05, 0.1) is 6.10 Å². The van der Waals surface area contributed by atoms with Gasteiger partial charge >= 0.3 is 5.97 Å². The van der Waals surface area contributed by atoms with E-state index in [2.05, 4.69) is 26.0 Å². The van der Waals surface area contributed by atoms with E-state index in [0.717, 1.165) is 12.8 Å². The Morgan fingerprint density at radius 2 is 2.00 bits per heavy atom. The summed E-state index contributed by atoms with van der Waals surface area (Å²) in [6.45, 7) is 4.72. The third-order valence-electron chi connectivity index (χ3n) is 5.00. The molecule has 20 heavy (non-hydrogen) atoms. The van der Waals surface area contributed by atoms with Gasteiger partial charge in [0.15, 0.2) is 0 Å². The smallest absolute Gasteiger partial charge is 0.312 e. The maximum Gasteiger partial charge on any atom is 0.312 e. The second kappa shape index (κ2) is 4.88. The van der Waals surface area contributed by atoms with Gasteiger partial charge in [-0.2, -0.15) is 0 Å². The lowest BCUT2D eigenvalue weighted by atomic mass is 9.73. The van der Waals surface area contributed by atoms with Crippen LogP contribution in [0.1, 0.15) is 36.0 Å². The fourth-order valence-corrected chi connectivity index (χ4v) is 3.59. The summed E-state index contributed by atoms with van der Waals surface area (Å²) in [5.41, 5.74) is 2.84.